The Hall–Kier alpha value is -2.08. The van der Waals surface area contributed by atoms with Gasteiger partial charge in [0, 0.05) is 32.2 Å². The molecule has 0 bridgehead atoms. The lowest BCUT2D eigenvalue weighted by molar-refractivity contribution is -0.131. The molecule has 1 saturated heterocycles. The van der Waals surface area contributed by atoms with Crippen LogP contribution in [-0.4, -0.2) is 60.6 Å². The summed E-state index contributed by atoms with van der Waals surface area (Å²) in [6, 6.07) is 8.62. The van der Waals surface area contributed by atoms with Crippen molar-refractivity contribution in [1.29, 1.82) is 0 Å². The van der Waals surface area contributed by atoms with E-state index in [1.54, 1.807) is 4.90 Å². The number of carbonyl (C=O) groups excluding carboxylic acids is 2. The molecule has 2 aliphatic heterocycles. The highest BCUT2D eigenvalue weighted by molar-refractivity contribution is 5.78. The predicted molar refractivity (Wildman–Crippen MR) is 95.2 cm³/mol. The maximum Gasteiger partial charge on any atom is 0.409 e. The molecule has 0 aromatic heterocycles. The van der Waals surface area contributed by atoms with Gasteiger partial charge in [-0.15, -0.1) is 0 Å². The summed E-state index contributed by atoms with van der Waals surface area (Å²) in [6.45, 7) is 5.45. The third-order valence-corrected chi connectivity index (χ3v) is 5.05. The molecule has 1 fully saturated rings. The normalized spacial score (nSPS) is 18.0. The van der Waals surface area contributed by atoms with Crippen molar-refractivity contribution in [2.45, 2.75) is 38.8 Å². The number of rotatable bonds is 4. The second kappa shape index (κ2) is 8.34. The fraction of sp³-hybridized carbons (Fsp3) is 0.579. The molecule has 0 saturated carbocycles. The molecule has 1 N–H and O–H groups in total. The van der Waals surface area contributed by atoms with Gasteiger partial charge in [0.2, 0.25) is 5.91 Å². The fourth-order valence-corrected chi connectivity index (χ4v) is 3.53. The summed E-state index contributed by atoms with van der Waals surface area (Å²) in [6.07, 6.45) is 2.41. The van der Waals surface area contributed by atoms with Gasteiger partial charge in [-0.2, -0.15) is 0 Å². The number of ether oxygens (including phenoxy) is 1. The Labute approximate surface area is 149 Å². The molecule has 136 valence electrons. The summed E-state index contributed by atoms with van der Waals surface area (Å²) < 4.78 is 5.03. The second-order valence-corrected chi connectivity index (χ2v) is 6.68. The molecule has 0 unspecified atom stereocenters. The largest absolute Gasteiger partial charge is 0.450 e. The lowest BCUT2D eigenvalue weighted by Gasteiger charge is -2.33. The average molecular weight is 345 g/mol. The Morgan fingerprint density at radius 3 is 2.56 bits per heavy atom. The number of hydrogen-bond acceptors (Lipinski definition) is 4. The van der Waals surface area contributed by atoms with Crippen LogP contribution in [-0.2, 0) is 22.5 Å². The molecule has 3 rings (SSSR count). The monoisotopic (exact) mass is 345 g/mol. The van der Waals surface area contributed by atoms with E-state index in [2.05, 4.69) is 23.5 Å². The fourth-order valence-electron chi connectivity index (χ4n) is 3.53. The van der Waals surface area contributed by atoms with Crippen molar-refractivity contribution in [3.63, 3.8) is 0 Å². The van der Waals surface area contributed by atoms with Crippen LogP contribution in [0.2, 0.25) is 0 Å². The second-order valence-electron chi connectivity index (χ2n) is 6.68. The van der Waals surface area contributed by atoms with Crippen LogP contribution in [0.4, 0.5) is 4.79 Å². The number of benzene rings is 1. The van der Waals surface area contributed by atoms with Crippen LogP contribution in [0.3, 0.4) is 0 Å². The van der Waals surface area contributed by atoms with Crippen LogP contribution in [0, 0.1) is 0 Å². The van der Waals surface area contributed by atoms with E-state index in [4.69, 9.17) is 4.74 Å². The van der Waals surface area contributed by atoms with Crippen molar-refractivity contribution >= 4 is 12.0 Å². The van der Waals surface area contributed by atoms with Gasteiger partial charge in [0.1, 0.15) is 0 Å². The van der Waals surface area contributed by atoms with Gasteiger partial charge in [0.05, 0.1) is 13.2 Å². The molecule has 2 aliphatic rings. The predicted octanol–water partition coefficient (Wildman–Crippen LogP) is 1.78. The van der Waals surface area contributed by atoms with Gasteiger partial charge in [-0.3, -0.25) is 4.79 Å². The summed E-state index contributed by atoms with van der Waals surface area (Å²) in [5.74, 6) is 0.155. The van der Waals surface area contributed by atoms with E-state index in [0.29, 0.717) is 32.8 Å². The van der Waals surface area contributed by atoms with Gasteiger partial charge in [0.15, 0.2) is 0 Å². The van der Waals surface area contributed by atoms with E-state index < -0.39 is 0 Å². The van der Waals surface area contributed by atoms with E-state index >= 15 is 0 Å². The Morgan fingerprint density at radius 2 is 1.84 bits per heavy atom. The minimum atomic E-state index is -0.232. The molecule has 0 atom stereocenters. The summed E-state index contributed by atoms with van der Waals surface area (Å²) >= 11 is 0. The van der Waals surface area contributed by atoms with E-state index in [0.717, 1.165) is 25.8 Å². The first kappa shape index (κ1) is 17.7. The van der Waals surface area contributed by atoms with E-state index in [9.17, 15) is 9.59 Å². The highest BCUT2D eigenvalue weighted by Gasteiger charge is 2.25. The maximum atomic E-state index is 12.5. The number of hydrogen-bond donors (Lipinski definition) is 1. The number of piperidine rings is 1. The molecule has 1 aromatic rings. The van der Waals surface area contributed by atoms with Gasteiger partial charge >= 0.3 is 6.09 Å². The summed E-state index contributed by atoms with van der Waals surface area (Å²) in [4.78, 5) is 27.9. The number of fused-ring (bicyclic) bond motifs is 1. The molecule has 2 amide bonds. The van der Waals surface area contributed by atoms with Crippen molar-refractivity contribution in [3.8, 4) is 0 Å². The molecular formula is C19H27N3O3. The van der Waals surface area contributed by atoms with Crippen LogP contribution in [0.1, 0.15) is 30.9 Å². The Morgan fingerprint density at radius 1 is 1.12 bits per heavy atom. The van der Waals surface area contributed by atoms with Crippen LogP contribution in [0.25, 0.3) is 0 Å². The van der Waals surface area contributed by atoms with Crippen molar-refractivity contribution in [2.75, 3.05) is 32.8 Å². The Kier molecular flexibility index (Phi) is 5.91. The molecule has 25 heavy (non-hydrogen) atoms. The molecule has 0 aliphatic carbocycles. The zero-order valence-electron chi connectivity index (χ0n) is 14.9. The van der Waals surface area contributed by atoms with Gasteiger partial charge in [-0.25, -0.2) is 4.79 Å². The topological polar surface area (TPSA) is 61.9 Å². The first-order valence-electron chi connectivity index (χ1n) is 9.17. The van der Waals surface area contributed by atoms with Crippen LogP contribution < -0.4 is 5.32 Å². The Bertz CT molecular complexity index is 612. The highest BCUT2D eigenvalue weighted by Crippen LogP contribution is 2.18. The van der Waals surface area contributed by atoms with E-state index in [1.165, 1.54) is 11.1 Å². The van der Waals surface area contributed by atoms with Crippen LogP contribution in [0.5, 0.6) is 0 Å². The SMILES string of the molecule is CCOC(=O)N1CCC(NCC(=O)N2CCc3ccccc3C2)CC1. The van der Waals surface area contributed by atoms with Gasteiger partial charge in [-0.05, 0) is 37.3 Å². The number of likely N-dealkylation sites (tertiary alicyclic amines) is 1. The highest BCUT2D eigenvalue weighted by atomic mass is 16.6. The molecule has 6 heteroatoms. The third kappa shape index (κ3) is 4.51. The lowest BCUT2D eigenvalue weighted by Crippen LogP contribution is -2.48. The zero-order valence-corrected chi connectivity index (χ0v) is 14.9. The third-order valence-electron chi connectivity index (χ3n) is 5.05. The molecule has 0 radical (unpaired) electrons. The lowest BCUT2D eigenvalue weighted by atomic mass is 10.00. The number of nitrogens with one attached hydrogen (secondary N) is 1. The van der Waals surface area contributed by atoms with Crippen molar-refractivity contribution in [1.82, 2.24) is 15.1 Å². The number of nitrogens with zero attached hydrogens (tertiary/aromatic N) is 2. The number of amides is 2. The summed E-state index contributed by atoms with van der Waals surface area (Å²) in [5.41, 5.74) is 2.61. The quantitative estimate of drug-likeness (QED) is 0.904. The van der Waals surface area contributed by atoms with Crippen molar-refractivity contribution in [2.24, 2.45) is 0 Å². The summed E-state index contributed by atoms with van der Waals surface area (Å²) in [5, 5.41) is 3.36. The maximum absolute atomic E-state index is 12.5. The zero-order chi connectivity index (χ0) is 17.6. The van der Waals surface area contributed by atoms with E-state index in [1.807, 2.05) is 17.9 Å². The van der Waals surface area contributed by atoms with Crippen LogP contribution in [0.15, 0.2) is 24.3 Å². The summed E-state index contributed by atoms with van der Waals surface area (Å²) in [7, 11) is 0. The minimum Gasteiger partial charge on any atom is -0.450 e. The first-order valence-corrected chi connectivity index (χ1v) is 9.17. The first-order chi connectivity index (χ1) is 12.2. The molecular weight excluding hydrogens is 318 g/mol. The standard InChI is InChI=1S/C19H27N3O3/c1-2-25-19(24)21-11-8-17(9-12-21)20-13-18(23)22-10-7-15-5-3-4-6-16(15)14-22/h3-6,17,20H,2,7-14H2,1H3. The molecule has 6 nitrogen and oxygen atoms in total. The molecule has 0 spiro atoms. The molecule has 1 aromatic carbocycles. The smallest absolute Gasteiger partial charge is 0.409 e. The van der Waals surface area contributed by atoms with Gasteiger partial charge in [0.25, 0.3) is 0 Å². The average Bonchev–Trinajstić information content (AvgIpc) is 2.66. The Balaban J connectivity index is 1.41. The van der Waals surface area contributed by atoms with Crippen molar-refractivity contribution in [3.05, 3.63) is 35.4 Å². The van der Waals surface area contributed by atoms with Crippen LogP contribution >= 0.6 is 0 Å². The minimum absolute atomic E-state index is 0.155. The van der Waals surface area contributed by atoms with Gasteiger partial charge < -0.3 is 19.9 Å². The van der Waals surface area contributed by atoms with E-state index in [-0.39, 0.29) is 18.0 Å². The number of carbonyl (C=O) groups is 2. The van der Waals surface area contributed by atoms with Crippen molar-refractivity contribution < 1.29 is 14.3 Å². The van der Waals surface area contributed by atoms with Gasteiger partial charge in [-0.1, -0.05) is 24.3 Å². The molecule has 2 heterocycles.